The van der Waals surface area contributed by atoms with E-state index in [-0.39, 0.29) is 11.9 Å². The van der Waals surface area contributed by atoms with Crippen LogP contribution < -0.4 is 0 Å². The molecule has 1 atom stereocenters. The molecule has 0 N–H and O–H groups in total. The molecule has 1 amide bonds. The molecule has 1 unspecified atom stereocenters. The van der Waals surface area contributed by atoms with Crippen LogP contribution in [0.1, 0.15) is 26.2 Å². The van der Waals surface area contributed by atoms with Crippen LogP contribution in [0.15, 0.2) is 0 Å². The summed E-state index contributed by atoms with van der Waals surface area (Å²) < 4.78 is 0. The van der Waals surface area contributed by atoms with Gasteiger partial charge >= 0.3 is 0 Å². The van der Waals surface area contributed by atoms with E-state index >= 15 is 0 Å². The largest absolute Gasteiger partial charge is 0.345 e. The van der Waals surface area contributed by atoms with Crippen molar-refractivity contribution >= 4 is 5.91 Å². The number of carbonyl (C=O) groups is 1. The molecule has 0 spiro atoms. The summed E-state index contributed by atoms with van der Waals surface area (Å²) >= 11 is 0. The Hall–Kier alpha value is -0.570. The highest BCUT2D eigenvalue weighted by Crippen LogP contribution is 2.16. The summed E-state index contributed by atoms with van der Waals surface area (Å²) in [4.78, 5) is 15.8. The molecule has 1 rings (SSSR count). The molecule has 1 aliphatic heterocycles. The molecule has 0 aromatic carbocycles. The summed E-state index contributed by atoms with van der Waals surface area (Å²) in [5.74, 6) is 0.282. The van der Waals surface area contributed by atoms with Crippen LogP contribution in [0.3, 0.4) is 0 Å². The molecule has 3 heteroatoms. The van der Waals surface area contributed by atoms with Gasteiger partial charge in [0.2, 0.25) is 5.91 Å². The van der Waals surface area contributed by atoms with Crippen molar-refractivity contribution in [3.05, 3.63) is 0 Å². The Morgan fingerprint density at radius 2 is 2.23 bits per heavy atom. The van der Waals surface area contributed by atoms with Gasteiger partial charge in [-0.3, -0.25) is 9.69 Å². The zero-order chi connectivity index (χ0) is 9.84. The Balaban J connectivity index is 2.53. The van der Waals surface area contributed by atoms with Gasteiger partial charge < -0.3 is 4.90 Å². The molecule has 0 radical (unpaired) electrons. The van der Waals surface area contributed by atoms with Crippen molar-refractivity contribution in [2.75, 3.05) is 27.2 Å². The van der Waals surface area contributed by atoms with Crippen molar-refractivity contribution in [1.82, 2.24) is 9.80 Å². The van der Waals surface area contributed by atoms with E-state index in [1.54, 1.807) is 0 Å². The predicted octanol–water partition coefficient (Wildman–Crippen LogP) is 0.949. The summed E-state index contributed by atoms with van der Waals surface area (Å²) in [6.45, 7) is 3.89. The van der Waals surface area contributed by atoms with E-state index in [2.05, 4.69) is 4.90 Å². The molecule has 1 heterocycles. The van der Waals surface area contributed by atoms with Crippen LogP contribution in [-0.2, 0) is 4.79 Å². The van der Waals surface area contributed by atoms with E-state index < -0.39 is 0 Å². The maximum Gasteiger partial charge on any atom is 0.239 e. The smallest absolute Gasteiger partial charge is 0.239 e. The second-order valence-corrected chi connectivity index (χ2v) is 3.84. The quantitative estimate of drug-likeness (QED) is 0.638. The van der Waals surface area contributed by atoms with Gasteiger partial charge in [-0.1, -0.05) is 6.42 Å². The Bertz CT molecular complexity index is 182. The number of rotatable bonds is 2. The van der Waals surface area contributed by atoms with Crippen molar-refractivity contribution in [2.24, 2.45) is 0 Å². The topological polar surface area (TPSA) is 23.6 Å². The highest BCUT2D eigenvalue weighted by atomic mass is 16.2. The van der Waals surface area contributed by atoms with Crippen LogP contribution in [0.5, 0.6) is 0 Å². The second kappa shape index (κ2) is 4.61. The first-order valence-corrected chi connectivity index (χ1v) is 5.12. The number of likely N-dealkylation sites (N-methyl/N-ethyl adjacent to an activating group) is 2. The van der Waals surface area contributed by atoms with Gasteiger partial charge in [0.15, 0.2) is 0 Å². The third-order valence-corrected chi connectivity index (χ3v) is 2.91. The molecule has 13 heavy (non-hydrogen) atoms. The lowest BCUT2D eigenvalue weighted by Crippen LogP contribution is -2.48. The van der Waals surface area contributed by atoms with Crippen molar-refractivity contribution in [3.8, 4) is 0 Å². The summed E-state index contributed by atoms with van der Waals surface area (Å²) in [5, 5.41) is 0. The molecule has 0 bridgehead atoms. The first-order chi connectivity index (χ1) is 6.16. The van der Waals surface area contributed by atoms with Gasteiger partial charge in [0.1, 0.15) is 0 Å². The zero-order valence-corrected chi connectivity index (χ0v) is 8.92. The van der Waals surface area contributed by atoms with Crippen LogP contribution in [0.4, 0.5) is 0 Å². The highest BCUT2D eigenvalue weighted by molar-refractivity contribution is 5.81. The Morgan fingerprint density at radius 1 is 1.54 bits per heavy atom. The summed E-state index contributed by atoms with van der Waals surface area (Å²) in [6, 6.07) is 0.138. The SMILES string of the molecule is CCN(C)C(=O)C1CCCCN1C. The lowest BCUT2D eigenvalue weighted by atomic mass is 10.0. The third kappa shape index (κ3) is 2.44. The molecule has 3 nitrogen and oxygen atoms in total. The van der Waals surface area contributed by atoms with Gasteiger partial charge in [-0.05, 0) is 33.4 Å². The Labute approximate surface area is 80.7 Å². The predicted molar refractivity (Wildman–Crippen MR) is 53.6 cm³/mol. The monoisotopic (exact) mass is 184 g/mol. The number of nitrogens with zero attached hydrogens (tertiary/aromatic N) is 2. The van der Waals surface area contributed by atoms with E-state index in [9.17, 15) is 4.79 Å². The van der Waals surface area contributed by atoms with Gasteiger partial charge in [0.05, 0.1) is 6.04 Å². The average molecular weight is 184 g/mol. The van der Waals surface area contributed by atoms with Gasteiger partial charge in [0, 0.05) is 13.6 Å². The zero-order valence-electron chi connectivity index (χ0n) is 8.92. The highest BCUT2D eigenvalue weighted by Gasteiger charge is 2.27. The van der Waals surface area contributed by atoms with Crippen LogP contribution in [0.25, 0.3) is 0 Å². The lowest BCUT2D eigenvalue weighted by molar-refractivity contribution is -0.136. The van der Waals surface area contributed by atoms with Crippen LogP contribution >= 0.6 is 0 Å². The van der Waals surface area contributed by atoms with Crippen LogP contribution in [0.2, 0.25) is 0 Å². The average Bonchev–Trinajstić information content (AvgIpc) is 2.16. The Kier molecular flexibility index (Phi) is 3.72. The number of carbonyl (C=O) groups excluding carboxylic acids is 1. The molecule has 0 saturated carbocycles. The minimum absolute atomic E-state index is 0.138. The van der Waals surface area contributed by atoms with Crippen LogP contribution in [0, 0.1) is 0 Å². The molecule has 76 valence electrons. The molecular weight excluding hydrogens is 164 g/mol. The van der Waals surface area contributed by atoms with Gasteiger partial charge in [-0.25, -0.2) is 0 Å². The van der Waals surface area contributed by atoms with Crippen molar-refractivity contribution < 1.29 is 4.79 Å². The molecule has 1 fully saturated rings. The summed E-state index contributed by atoms with van der Waals surface area (Å²) in [6.07, 6.45) is 3.45. The van der Waals surface area contributed by atoms with Gasteiger partial charge in [0.25, 0.3) is 0 Å². The van der Waals surface area contributed by atoms with E-state index in [0.717, 1.165) is 19.5 Å². The molecule has 1 saturated heterocycles. The van der Waals surface area contributed by atoms with Crippen LogP contribution in [-0.4, -0.2) is 48.9 Å². The van der Waals surface area contributed by atoms with E-state index in [1.807, 2.05) is 25.9 Å². The van der Waals surface area contributed by atoms with Crippen molar-refractivity contribution in [2.45, 2.75) is 32.2 Å². The number of likely N-dealkylation sites (tertiary alicyclic amines) is 1. The van der Waals surface area contributed by atoms with Crippen molar-refractivity contribution in [1.29, 1.82) is 0 Å². The minimum Gasteiger partial charge on any atom is -0.345 e. The first kappa shape index (κ1) is 10.5. The fraction of sp³-hybridized carbons (Fsp3) is 0.900. The number of hydrogen-bond donors (Lipinski definition) is 0. The van der Waals surface area contributed by atoms with Crippen molar-refractivity contribution in [3.63, 3.8) is 0 Å². The number of hydrogen-bond acceptors (Lipinski definition) is 2. The first-order valence-electron chi connectivity index (χ1n) is 5.12. The van der Waals surface area contributed by atoms with E-state index in [1.165, 1.54) is 12.8 Å². The van der Waals surface area contributed by atoms with E-state index in [4.69, 9.17) is 0 Å². The summed E-state index contributed by atoms with van der Waals surface area (Å²) in [7, 11) is 3.93. The minimum atomic E-state index is 0.138. The van der Waals surface area contributed by atoms with E-state index in [0.29, 0.717) is 0 Å². The maximum absolute atomic E-state index is 11.8. The molecule has 0 aliphatic carbocycles. The standard InChI is InChI=1S/C10H20N2O/c1-4-11(2)10(13)9-7-5-6-8-12(9)3/h9H,4-8H2,1-3H3. The third-order valence-electron chi connectivity index (χ3n) is 2.91. The maximum atomic E-state index is 11.8. The molecule has 0 aromatic heterocycles. The van der Waals surface area contributed by atoms with Gasteiger partial charge in [-0.15, -0.1) is 0 Å². The number of piperidine rings is 1. The fourth-order valence-electron chi connectivity index (χ4n) is 1.80. The molecule has 0 aromatic rings. The second-order valence-electron chi connectivity index (χ2n) is 3.84. The normalized spacial score (nSPS) is 24.4. The molecular formula is C10H20N2O. The lowest BCUT2D eigenvalue weighted by Gasteiger charge is -2.33. The fourth-order valence-corrected chi connectivity index (χ4v) is 1.80. The van der Waals surface area contributed by atoms with Gasteiger partial charge in [-0.2, -0.15) is 0 Å². The molecule has 1 aliphatic rings. The summed E-state index contributed by atoms with van der Waals surface area (Å²) in [5.41, 5.74) is 0. The Morgan fingerprint density at radius 3 is 2.77 bits per heavy atom. The number of amides is 1.